The molecule has 1 aromatic heterocycles. The second-order valence-corrected chi connectivity index (χ2v) is 5.10. The van der Waals surface area contributed by atoms with Crippen LogP contribution in [0.25, 0.3) is 0 Å². The summed E-state index contributed by atoms with van der Waals surface area (Å²) < 4.78 is 4.85. The SMILES string of the molecule is CCOC(=O)c1cnccc(C2CCCCC2)[nH][nH]c1=O. The molecule has 0 unspecified atom stereocenters. The quantitative estimate of drug-likeness (QED) is 0.837. The topological polar surface area (TPSA) is 87.8 Å². The fourth-order valence-corrected chi connectivity index (χ4v) is 2.54. The van der Waals surface area contributed by atoms with Gasteiger partial charge in [0.1, 0.15) is 5.56 Å². The van der Waals surface area contributed by atoms with E-state index in [4.69, 9.17) is 4.74 Å². The highest BCUT2D eigenvalue weighted by molar-refractivity contribution is 5.88. The normalized spacial score (nSPS) is 15.3. The minimum absolute atomic E-state index is 0.112. The van der Waals surface area contributed by atoms with Crippen LogP contribution in [-0.4, -0.2) is 27.8 Å². The average Bonchev–Trinajstić information content (AvgIpc) is 2.59. The highest BCUT2D eigenvalue weighted by Crippen LogP contribution is 2.30. The van der Waals surface area contributed by atoms with Gasteiger partial charge in [-0.15, -0.1) is 0 Å². The molecule has 1 aliphatic carbocycles. The van der Waals surface area contributed by atoms with Gasteiger partial charge >= 0.3 is 5.97 Å². The third-order valence-electron chi connectivity index (χ3n) is 3.65. The molecule has 1 aliphatic rings. The summed E-state index contributed by atoms with van der Waals surface area (Å²) in [7, 11) is 0. The number of aromatic nitrogens is 3. The summed E-state index contributed by atoms with van der Waals surface area (Å²) in [5.41, 5.74) is 0.290. The molecule has 6 heteroatoms. The van der Waals surface area contributed by atoms with E-state index in [9.17, 15) is 9.59 Å². The Hall–Kier alpha value is -2.11. The monoisotopic (exact) mass is 291 g/mol. The van der Waals surface area contributed by atoms with Gasteiger partial charge in [0.25, 0.3) is 5.56 Å². The van der Waals surface area contributed by atoms with E-state index in [1.165, 1.54) is 25.5 Å². The van der Waals surface area contributed by atoms with Crippen molar-refractivity contribution >= 4 is 5.97 Å². The molecule has 0 aliphatic heterocycles. The number of H-pyrrole nitrogens is 2. The van der Waals surface area contributed by atoms with Gasteiger partial charge in [0.15, 0.2) is 0 Å². The number of nitrogens with zero attached hydrogens (tertiary/aromatic N) is 1. The van der Waals surface area contributed by atoms with Gasteiger partial charge in [-0.3, -0.25) is 14.9 Å². The van der Waals surface area contributed by atoms with Crippen LogP contribution in [0.15, 0.2) is 23.3 Å². The maximum Gasteiger partial charge on any atom is 0.345 e. The van der Waals surface area contributed by atoms with Crippen LogP contribution in [0.5, 0.6) is 0 Å². The lowest BCUT2D eigenvalue weighted by Crippen LogP contribution is -2.19. The van der Waals surface area contributed by atoms with Crippen molar-refractivity contribution in [3.05, 3.63) is 40.1 Å². The van der Waals surface area contributed by atoms with Gasteiger partial charge in [-0.25, -0.2) is 4.79 Å². The zero-order valence-corrected chi connectivity index (χ0v) is 12.2. The molecule has 1 aromatic rings. The smallest absolute Gasteiger partial charge is 0.345 e. The van der Waals surface area contributed by atoms with Crippen LogP contribution in [0.2, 0.25) is 0 Å². The van der Waals surface area contributed by atoms with Crippen molar-refractivity contribution < 1.29 is 9.53 Å². The van der Waals surface area contributed by atoms with Crippen molar-refractivity contribution in [1.82, 2.24) is 15.2 Å². The predicted molar refractivity (Wildman–Crippen MR) is 78.6 cm³/mol. The first-order valence-electron chi connectivity index (χ1n) is 7.39. The Kier molecular flexibility index (Phi) is 5.54. The van der Waals surface area contributed by atoms with Gasteiger partial charge in [0.2, 0.25) is 0 Å². The van der Waals surface area contributed by atoms with Gasteiger partial charge in [-0.2, -0.15) is 0 Å². The number of rotatable bonds is 3. The van der Waals surface area contributed by atoms with E-state index in [0.717, 1.165) is 18.5 Å². The Morgan fingerprint density at radius 1 is 1.33 bits per heavy atom. The van der Waals surface area contributed by atoms with E-state index in [0.29, 0.717) is 5.92 Å². The standard InChI is InChI=1S/C15H21N3O3/c1-2-21-15(20)12-10-16-9-8-13(17-18-14(12)19)11-6-4-3-5-7-11/h8-11,17H,2-7H2,1H3,(H,18,19). The molecule has 6 nitrogen and oxygen atoms in total. The summed E-state index contributed by atoms with van der Waals surface area (Å²) in [5.74, 6) is -0.273. The lowest BCUT2D eigenvalue weighted by Gasteiger charge is -2.20. The minimum atomic E-state index is -0.671. The average molecular weight is 291 g/mol. The summed E-state index contributed by atoms with van der Waals surface area (Å²) in [5, 5.41) is 5.48. The minimum Gasteiger partial charge on any atom is -0.462 e. The largest absolute Gasteiger partial charge is 0.462 e. The van der Waals surface area contributed by atoms with E-state index < -0.39 is 11.5 Å². The van der Waals surface area contributed by atoms with E-state index in [1.54, 1.807) is 13.1 Å². The molecule has 1 fully saturated rings. The van der Waals surface area contributed by atoms with Crippen LogP contribution in [0.3, 0.4) is 0 Å². The van der Waals surface area contributed by atoms with Crippen LogP contribution in [0.1, 0.15) is 61.0 Å². The van der Waals surface area contributed by atoms with Crippen molar-refractivity contribution in [3.63, 3.8) is 0 Å². The van der Waals surface area contributed by atoms with Crippen LogP contribution in [0.4, 0.5) is 0 Å². The zero-order valence-electron chi connectivity index (χ0n) is 12.2. The molecule has 114 valence electrons. The van der Waals surface area contributed by atoms with Crippen molar-refractivity contribution in [2.24, 2.45) is 0 Å². The predicted octanol–water partition coefficient (Wildman–Crippen LogP) is 2.45. The molecule has 1 saturated carbocycles. The summed E-state index contributed by atoms with van der Waals surface area (Å²) in [6, 6.07) is 1.85. The van der Waals surface area contributed by atoms with E-state index in [1.807, 2.05) is 6.07 Å². The molecule has 0 radical (unpaired) electrons. The Balaban J connectivity index is 2.36. The number of nitrogens with one attached hydrogen (secondary N) is 2. The maximum atomic E-state index is 12.0. The fourth-order valence-electron chi connectivity index (χ4n) is 2.54. The van der Waals surface area contributed by atoms with E-state index >= 15 is 0 Å². The second kappa shape index (κ2) is 7.61. The molecule has 0 spiro atoms. The molecular weight excluding hydrogens is 270 g/mol. The highest BCUT2D eigenvalue weighted by Gasteiger charge is 2.15. The summed E-state index contributed by atoms with van der Waals surface area (Å²) in [6.45, 7) is 1.90. The van der Waals surface area contributed by atoms with Gasteiger partial charge in [0, 0.05) is 24.0 Å². The zero-order chi connectivity index (χ0) is 15.1. The van der Waals surface area contributed by atoms with Gasteiger partial charge in [-0.1, -0.05) is 19.3 Å². The number of hydrogen-bond donors (Lipinski definition) is 2. The van der Waals surface area contributed by atoms with E-state index in [-0.39, 0.29) is 12.2 Å². The Labute approximate surface area is 123 Å². The Bertz CT molecular complexity index is 584. The number of carbonyl (C=O) groups excluding carboxylic acids is 1. The molecular formula is C15H21N3O3. The molecule has 0 aromatic carbocycles. The fraction of sp³-hybridized carbons (Fsp3) is 0.533. The Morgan fingerprint density at radius 3 is 2.81 bits per heavy atom. The summed E-state index contributed by atoms with van der Waals surface area (Å²) in [4.78, 5) is 27.7. The van der Waals surface area contributed by atoms with Crippen LogP contribution in [-0.2, 0) is 4.74 Å². The second-order valence-electron chi connectivity index (χ2n) is 5.10. The Morgan fingerprint density at radius 2 is 2.10 bits per heavy atom. The highest BCUT2D eigenvalue weighted by atomic mass is 16.5. The van der Waals surface area contributed by atoms with Crippen molar-refractivity contribution in [3.8, 4) is 0 Å². The van der Waals surface area contributed by atoms with Crippen molar-refractivity contribution in [1.29, 1.82) is 0 Å². The number of ether oxygens (including phenoxy) is 1. The van der Waals surface area contributed by atoms with Crippen molar-refractivity contribution in [2.45, 2.75) is 44.9 Å². The number of carbonyl (C=O) groups is 1. The molecule has 2 N–H and O–H groups in total. The molecule has 0 atom stereocenters. The summed E-state index contributed by atoms with van der Waals surface area (Å²) >= 11 is 0. The molecule has 21 heavy (non-hydrogen) atoms. The van der Waals surface area contributed by atoms with Gasteiger partial charge < -0.3 is 9.84 Å². The molecule has 1 heterocycles. The number of aromatic amines is 2. The first-order valence-corrected chi connectivity index (χ1v) is 7.39. The van der Waals surface area contributed by atoms with Crippen LogP contribution < -0.4 is 5.56 Å². The first-order chi connectivity index (χ1) is 10.2. The molecule has 2 rings (SSSR count). The van der Waals surface area contributed by atoms with Crippen LogP contribution >= 0.6 is 0 Å². The lowest BCUT2D eigenvalue weighted by atomic mass is 9.87. The van der Waals surface area contributed by atoms with Gasteiger partial charge in [-0.05, 0) is 25.8 Å². The molecule has 0 amide bonds. The third kappa shape index (κ3) is 4.18. The van der Waals surface area contributed by atoms with Gasteiger partial charge in [0.05, 0.1) is 6.61 Å². The summed E-state index contributed by atoms with van der Waals surface area (Å²) in [6.07, 6.45) is 8.67. The number of esters is 1. The number of hydrogen-bond acceptors (Lipinski definition) is 4. The lowest BCUT2D eigenvalue weighted by molar-refractivity contribution is 0.0524. The third-order valence-corrected chi connectivity index (χ3v) is 3.65. The van der Waals surface area contributed by atoms with E-state index in [2.05, 4.69) is 15.2 Å². The molecule has 0 bridgehead atoms. The maximum absolute atomic E-state index is 12.0. The van der Waals surface area contributed by atoms with Crippen LogP contribution in [0, 0.1) is 0 Å². The van der Waals surface area contributed by atoms with Crippen molar-refractivity contribution in [2.75, 3.05) is 6.61 Å². The first kappa shape index (κ1) is 15.3. The molecule has 0 saturated heterocycles.